The first-order valence-corrected chi connectivity index (χ1v) is 9.88. The molecule has 0 saturated carbocycles. The fourth-order valence-electron chi connectivity index (χ4n) is 3.79. The standard InChI is InChI=1S/C25H26N2O/c1-18(2)19-12-14-21(15-13-19)25(28)26-24(20-8-4-3-5-9-20)27-16-22-10-6-7-11-23(22)17-27/h3-15,18,24H,16-17H2,1-2H3,(H,26,28). The van der Waals surface area contributed by atoms with Gasteiger partial charge in [0.25, 0.3) is 5.91 Å². The summed E-state index contributed by atoms with van der Waals surface area (Å²) in [6, 6.07) is 26.6. The second-order valence-corrected chi connectivity index (χ2v) is 7.74. The lowest BCUT2D eigenvalue weighted by Gasteiger charge is -2.29. The maximum Gasteiger partial charge on any atom is 0.252 e. The average Bonchev–Trinajstić information content (AvgIpc) is 3.16. The van der Waals surface area contributed by atoms with Gasteiger partial charge in [-0.15, -0.1) is 0 Å². The fraction of sp³-hybridized carbons (Fsp3) is 0.240. The van der Waals surface area contributed by atoms with Crippen LogP contribution in [0.15, 0.2) is 78.9 Å². The highest BCUT2D eigenvalue weighted by Gasteiger charge is 2.28. The van der Waals surface area contributed by atoms with Crippen LogP contribution in [0.1, 0.15) is 58.5 Å². The Labute approximate surface area is 167 Å². The molecule has 28 heavy (non-hydrogen) atoms. The molecule has 1 aliphatic heterocycles. The van der Waals surface area contributed by atoms with Crippen molar-refractivity contribution in [2.75, 3.05) is 0 Å². The zero-order chi connectivity index (χ0) is 19.5. The minimum atomic E-state index is -0.161. The quantitative estimate of drug-likeness (QED) is 0.665. The Hall–Kier alpha value is -2.91. The predicted octanol–water partition coefficient (Wildman–Crippen LogP) is 5.25. The first-order chi connectivity index (χ1) is 13.6. The van der Waals surface area contributed by atoms with Crippen molar-refractivity contribution in [3.05, 3.63) is 107 Å². The summed E-state index contributed by atoms with van der Waals surface area (Å²) < 4.78 is 0. The molecule has 0 fully saturated rings. The van der Waals surface area contributed by atoms with Crippen LogP contribution in [0.5, 0.6) is 0 Å². The average molecular weight is 370 g/mol. The third-order valence-corrected chi connectivity index (χ3v) is 5.45. The number of hydrogen-bond acceptors (Lipinski definition) is 2. The van der Waals surface area contributed by atoms with E-state index in [0.717, 1.165) is 18.7 Å². The number of carbonyl (C=O) groups excluding carboxylic acids is 1. The molecule has 142 valence electrons. The number of carbonyl (C=O) groups is 1. The van der Waals surface area contributed by atoms with Gasteiger partial charge < -0.3 is 5.32 Å². The molecular formula is C25H26N2O. The highest BCUT2D eigenvalue weighted by Crippen LogP contribution is 2.30. The molecule has 3 nitrogen and oxygen atoms in total. The number of rotatable bonds is 5. The Morgan fingerprint density at radius 3 is 1.93 bits per heavy atom. The van der Waals surface area contributed by atoms with E-state index in [1.54, 1.807) is 0 Å². The van der Waals surface area contributed by atoms with Crippen molar-refractivity contribution in [3.8, 4) is 0 Å². The van der Waals surface area contributed by atoms with Gasteiger partial charge in [0, 0.05) is 18.7 Å². The van der Waals surface area contributed by atoms with Gasteiger partial charge in [-0.05, 0) is 40.3 Å². The maximum atomic E-state index is 13.0. The van der Waals surface area contributed by atoms with Crippen LogP contribution in [0.2, 0.25) is 0 Å². The van der Waals surface area contributed by atoms with E-state index in [-0.39, 0.29) is 12.1 Å². The van der Waals surface area contributed by atoms with E-state index in [9.17, 15) is 4.79 Å². The summed E-state index contributed by atoms with van der Waals surface area (Å²) in [6.45, 7) is 5.99. The summed E-state index contributed by atoms with van der Waals surface area (Å²) in [7, 11) is 0. The summed E-state index contributed by atoms with van der Waals surface area (Å²) in [5.74, 6) is 0.414. The second kappa shape index (κ2) is 7.99. The Bertz CT molecular complexity index is 923. The van der Waals surface area contributed by atoms with Gasteiger partial charge in [0.2, 0.25) is 0 Å². The van der Waals surface area contributed by atoms with E-state index in [1.165, 1.54) is 16.7 Å². The van der Waals surface area contributed by atoms with Crippen LogP contribution in [0, 0.1) is 0 Å². The van der Waals surface area contributed by atoms with Crippen LogP contribution in [-0.2, 0) is 13.1 Å². The Morgan fingerprint density at radius 1 is 0.786 bits per heavy atom. The van der Waals surface area contributed by atoms with Gasteiger partial charge in [0.15, 0.2) is 0 Å². The molecule has 3 aromatic rings. The molecule has 1 atom stereocenters. The Morgan fingerprint density at radius 2 is 1.36 bits per heavy atom. The molecule has 0 spiro atoms. The number of fused-ring (bicyclic) bond motifs is 1. The molecule has 1 N–H and O–H groups in total. The maximum absolute atomic E-state index is 13.0. The molecule has 1 aliphatic rings. The lowest BCUT2D eigenvalue weighted by Crippen LogP contribution is -2.38. The molecule has 4 rings (SSSR count). The second-order valence-electron chi connectivity index (χ2n) is 7.74. The minimum absolute atomic E-state index is 0.0416. The van der Waals surface area contributed by atoms with Crippen LogP contribution in [0.4, 0.5) is 0 Å². The van der Waals surface area contributed by atoms with Crippen molar-refractivity contribution in [3.63, 3.8) is 0 Å². The normalized spacial score (nSPS) is 14.7. The third kappa shape index (κ3) is 3.85. The van der Waals surface area contributed by atoms with Gasteiger partial charge in [0.05, 0.1) is 0 Å². The molecule has 3 aromatic carbocycles. The van der Waals surface area contributed by atoms with Gasteiger partial charge in [-0.1, -0.05) is 80.6 Å². The van der Waals surface area contributed by atoms with Gasteiger partial charge in [-0.2, -0.15) is 0 Å². The van der Waals surface area contributed by atoms with Crippen LogP contribution >= 0.6 is 0 Å². The lowest BCUT2D eigenvalue weighted by atomic mass is 10.0. The first-order valence-electron chi connectivity index (χ1n) is 9.88. The summed E-state index contributed by atoms with van der Waals surface area (Å²) in [6.07, 6.45) is -0.161. The number of hydrogen-bond donors (Lipinski definition) is 1. The summed E-state index contributed by atoms with van der Waals surface area (Å²) >= 11 is 0. The number of benzene rings is 3. The molecule has 0 radical (unpaired) electrons. The zero-order valence-corrected chi connectivity index (χ0v) is 16.4. The van der Waals surface area contributed by atoms with Crippen LogP contribution in [-0.4, -0.2) is 10.8 Å². The van der Waals surface area contributed by atoms with E-state index in [0.29, 0.717) is 11.5 Å². The number of nitrogens with zero attached hydrogens (tertiary/aromatic N) is 1. The molecular weight excluding hydrogens is 344 g/mol. The topological polar surface area (TPSA) is 32.3 Å². The smallest absolute Gasteiger partial charge is 0.252 e. The van der Waals surface area contributed by atoms with Crippen LogP contribution < -0.4 is 5.32 Å². The molecule has 1 heterocycles. The Balaban J connectivity index is 1.57. The van der Waals surface area contributed by atoms with Crippen molar-refractivity contribution in [1.29, 1.82) is 0 Å². The SMILES string of the molecule is CC(C)c1ccc(C(=O)NC(c2ccccc2)N2Cc3ccccc3C2)cc1. The zero-order valence-electron chi connectivity index (χ0n) is 16.4. The number of amides is 1. The van der Waals surface area contributed by atoms with Crippen molar-refractivity contribution in [2.24, 2.45) is 0 Å². The van der Waals surface area contributed by atoms with E-state index >= 15 is 0 Å². The van der Waals surface area contributed by atoms with E-state index in [2.05, 4.69) is 60.5 Å². The van der Waals surface area contributed by atoms with E-state index in [1.807, 2.05) is 42.5 Å². The van der Waals surface area contributed by atoms with Crippen molar-refractivity contribution in [2.45, 2.75) is 39.0 Å². The minimum Gasteiger partial charge on any atom is -0.332 e. The summed E-state index contributed by atoms with van der Waals surface area (Å²) in [4.78, 5) is 15.3. The van der Waals surface area contributed by atoms with E-state index in [4.69, 9.17) is 0 Å². The highest BCUT2D eigenvalue weighted by atomic mass is 16.1. The lowest BCUT2D eigenvalue weighted by molar-refractivity contribution is 0.0841. The van der Waals surface area contributed by atoms with Gasteiger partial charge in [-0.3, -0.25) is 9.69 Å². The molecule has 0 aromatic heterocycles. The monoisotopic (exact) mass is 370 g/mol. The van der Waals surface area contributed by atoms with Crippen LogP contribution in [0.25, 0.3) is 0 Å². The van der Waals surface area contributed by atoms with E-state index < -0.39 is 0 Å². The number of nitrogens with one attached hydrogen (secondary N) is 1. The highest BCUT2D eigenvalue weighted by molar-refractivity contribution is 5.94. The largest absolute Gasteiger partial charge is 0.332 e. The van der Waals surface area contributed by atoms with Gasteiger partial charge in [0.1, 0.15) is 6.17 Å². The third-order valence-electron chi connectivity index (χ3n) is 5.45. The summed E-state index contributed by atoms with van der Waals surface area (Å²) in [5.41, 5.74) is 5.70. The summed E-state index contributed by atoms with van der Waals surface area (Å²) in [5, 5.41) is 3.26. The molecule has 0 aliphatic carbocycles. The van der Waals surface area contributed by atoms with Crippen molar-refractivity contribution in [1.82, 2.24) is 10.2 Å². The molecule has 1 unspecified atom stereocenters. The molecule has 0 saturated heterocycles. The first kappa shape index (κ1) is 18.5. The Kier molecular flexibility index (Phi) is 5.27. The molecule has 3 heteroatoms. The molecule has 0 bridgehead atoms. The predicted molar refractivity (Wildman–Crippen MR) is 113 cm³/mol. The fourth-order valence-corrected chi connectivity index (χ4v) is 3.79. The van der Waals surface area contributed by atoms with Gasteiger partial charge >= 0.3 is 0 Å². The van der Waals surface area contributed by atoms with Crippen molar-refractivity contribution >= 4 is 5.91 Å². The molecule has 1 amide bonds. The van der Waals surface area contributed by atoms with Crippen LogP contribution in [0.3, 0.4) is 0 Å². The van der Waals surface area contributed by atoms with Gasteiger partial charge in [-0.25, -0.2) is 0 Å². The van der Waals surface area contributed by atoms with Crippen molar-refractivity contribution < 1.29 is 4.79 Å².